The van der Waals surface area contributed by atoms with Gasteiger partial charge in [0.05, 0.1) is 0 Å². The van der Waals surface area contributed by atoms with E-state index in [4.69, 9.17) is 0 Å². The maximum atomic E-state index is 11.4. The third-order valence-corrected chi connectivity index (χ3v) is 2.04. The predicted octanol–water partition coefficient (Wildman–Crippen LogP) is 2.77. The number of carbonyl (C=O) groups excluding carboxylic acids is 1. The lowest BCUT2D eigenvalue weighted by molar-refractivity contribution is -0.111. The minimum atomic E-state index is 0.0661. The number of rotatable bonds is 1. The number of hydrogen-bond acceptors (Lipinski definition) is 1. The first-order valence-corrected chi connectivity index (χ1v) is 4.52. The van der Waals surface area contributed by atoms with Crippen LogP contribution in [-0.2, 0) is 4.79 Å². The molecule has 1 heteroatoms. The van der Waals surface area contributed by atoms with Crippen molar-refractivity contribution in [1.82, 2.24) is 0 Å². The van der Waals surface area contributed by atoms with Crippen LogP contribution >= 0.6 is 0 Å². The van der Waals surface area contributed by atoms with Crippen molar-refractivity contribution in [3.63, 3.8) is 0 Å². The molecule has 0 atom stereocenters. The highest BCUT2D eigenvalue weighted by Crippen LogP contribution is 2.11. The Balaban J connectivity index is 2.32. The molecule has 0 amide bonds. The first kappa shape index (κ1) is 8.70. The Hall–Kier alpha value is -1.89. The van der Waals surface area contributed by atoms with Gasteiger partial charge < -0.3 is 0 Å². The molecule has 0 aromatic heterocycles. The van der Waals surface area contributed by atoms with Crippen molar-refractivity contribution >= 4 is 11.9 Å². The monoisotopic (exact) mass is 182 g/mol. The zero-order valence-electron chi connectivity index (χ0n) is 7.68. The smallest absolute Gasteiger partial charge is 0.185 e. The van der Waals surface area contributed by atoms with Crippen LogP contribution in [0.25, 0.3) is 6.08 Å². The van der Waals surface area contributed by atoms with E-state index in [1.807, 2.05) is 48.6 Å². The molecule has 0 N–H and O–H groups in total. The fraction of sp³-hybridized carbons (Fsp3) is 0. The normalized spacial score (nSPS) is 17.7. The number of allylic oxidation sites excluding steroid dienone is 5. The molecular formula is C13H10O. The van der Waals surface area contributed by atoms with Crippen LogP contribution in [0.3, 0.4) is 0 Å². The standard InChI is InChI=1S/C13H10O/c14-13-9-5-4-8-12(13)10-11-6-2-1-3-7-11/h1-10H. The molecule has 0 spiro atoms. The molecule has 0 saturated carbocycles. The van der Waals surface area contributed by atoms with E-state index in [0.717, 1.165) is 11.1 Å². The molecule has 0 heterocycles. The summed E-state index contributed by atoms with van der Waals surface area (Å²) in [6, 6.07) is 9.83. The van der Waals surface area contributed by atoms with E-state index >= 15 is 0 Å². The van der Waals surface area contributed by atoms with Crippen LogP contribution in [0.2, 0.25) is 0 Å². The topological polar surface area (TPSA) is 17.1 Å². The van der Waals surface area contributed by atoms with Crippen molar-refractivity contribution in [2.75, 3.05) is 0 Å². The molecule has 2 rings (SSSR count). The summed E-state index contributed by atoms with van der Waals surface area (Å²) in [4.78, 5) is 11.4. The second-order valence-corrected chi connectivity index (χ2v) is 3.09. The second kappa shape index (κ2) is 3.88. The van der Waals surface area contributed by atoms with Gasteiger partial charge >= 0.3 is 0 Å². The number of carbonyl (C=O) groups is 1. The van der Waals surface area contributed by atoms with Gasteiger partial charge in [0.15, 0.2) is 5.78 Å². The Morgan fingerprint density at radius 3 is 2.36 bits per heavy atom. The Morgan fingerprint density at radius 1 is 0.929 bits per heavy atom. The Morgan fingerprint density at radius 2 is 1.64 bits per heavy atom. The summed E-state index contributed by atoms with van der Waals surface area (Å²) in [5, 5.41) is 0. The van der Waals surface area contributed by atoms with Crippen LogP contribution < -0.4 is 0 Å². The quantitative estimate of drug-likeness (QED) is 0.610. The fourth-order valence-corrected chi connectivity index (χ4v) is 1.33. The number of hydrogen-bond donors (Lipinski definition) is 0. The summed E-state index contributed by atoms with van der Waals surface area (Å²) in [7, 11) is 0. The van der Waals surface area contributed by atoms with E-state index in [1.165, 1.54) is 0 Å². The molecule has 1 aliphatic carbocycles. The minimum absolute atomic E-state index is 0.0661. The lowest BCUT2D eigenvalue weighted by atomic mass is 10.0. The van der Waals surface area contributed by atoms with Crippen molar-refractivity contribution in [3.05, 3.63) is 65.8 Å². The average molecular weight is 182 g/mol. The van der Waals surface area contributed by atoms with Crippen LogP contribution in [0, 0.1) is 0 Å². The highest BCUT2D eigenvalue weighted by atomic mass is 16.1. The van der Waals surface area contributed by atoms with Crippen LogP contribution in [-0.4, -0.2) is 5.78 Å². The van der Waals surface area contributed by atoms with Crippen LogP contribution in [0.15, 0.2) is 60.2 Å². The van der Waals surface area contributed by atoms with E-state index < -0.39 is 0 Å². The van der Waals surface area contributed by atoms with Gasteiger partial charge in [0.25, 0.3) is 0 Å². The molecule has 1 nitrogen and oxygen atoms in total. The van der Waals surface area contributed by atoms with E-state index in [-0.39, 0.29) is 5.78 Å². The molecule has 0 unspecified atom stereocenters. The zero-order chi connectivity index (χ0) is 9.80. The Bertz CT molecular complexity index is 422. The first-order valence-electron chi connectivity index (χ1n) is 4.52. The van der Waals surface area contributed by atoms with Gasteiger partial charge in [0.1, 0.15) is 0 Å². The van der Waals surface area contributed by atoms with Crippen molar-refractivity contribution in [2.24, 2.45) is 0 Å². The van der Waals surface area contributed by atoms with Crippen molar-refractivity contribution < 1.29 is 4.79 Å². The van der Waals surface area contributed by atoms with Gasteiger partial charge in [-0.15, -0.1) is 0 Å². The predicted molar refractivity (Wildman–Crippen MR) is 57.7 cm³/mol. The summed E-state index contributed by atoms with van der Waals surface area (Å²) < 4.78 is 0. The van der Waals surface area contributed by atoms with Gasteiger partial charge in [0, 0.05) is 5.57 Å². The molecule has 0 radical (unpaired) electrons. The average Bonchev–Trinajstić information content (AvgIpc) is 2.23. The first-order chi connectivity index (χ1) is 6.86. The zero-order valence-corrected chi connectivity index (χ0v) is 7.68. The van der Waals surface area contributed by atoms with Gasteiger partial charge in [-0.1, -0.05) is 48.6 Å². The van der Waals surface area contributed by atoms with E-state index in [9.17, 15) is 4.79 Å². The summed E-state index contributed by atoms with van der Waals surface area (Å²) in [6.45, 7) is 0. The van der Waals surface area contributed by atoms with Crippen LogP contribution in [0.1, 0.15) is 5.56 Å². The molecule has 0 aliphatic heterocycles. The number of benzene rings is 1. The van der Waals surface area contributed by atoms with E-state index in [0.29, 0.717) is 0 Å². The maximum absolute atomic E-state index is 11.4. The van der Waals surface area contributed by atoms with Crippen LogP contribution in [0.5, 0.6) is 0 Å². The molecule has 1 aromatic rings. The molecule has 68 valence electrons. The third kappa shape index (κ3) is 1.88. The van der Waals surface area contributed by atoms with Gasteiger partial charge in [-0.25, -0.2) is 0 Å². The molecule has 0 bridgehead atoms. The summed E-state index contributed by atoms with van der Waals surface area (Å²) >= 11 is 0. The molecule has 0 fully saturated rings. The summed E-state index contributed by atoms with van der Waals surface area (Å²) in [6.07, 6.45) is 8.92. The minimum Gasteiger partial charge on any atom is -0.289 e. The van der Waals surface area contributed by atoms with Crippen molar-refractivity contribution in [1.29, 1.82) is 0 Å². The maximum Gasteiger partial charge on any atom is 0.185 e. The molecule has 1 aliphatic rings. The number of ketones is 1. The lowest BCUT2D eigenvalue weighted by Gasteiger charge is -2.00. The fourth-order valence-electron chi connectivity index (χ4n) is 1.33. The Kier molecular flexibility index (Phi) is 2.41. The molecule has 0 saturated heterocycles. The van der Waals surface area contributed by atoms with Gasteiger partial charge in [0.2, 0.25) is 0 Å². The van der Waals surface area contributed by atoms with E-state index in [1.54, 1.807) is 12.2 Å². The molecular weight excluding hydrogens is 172 g/mol. The summed E-state index contributed by atoms with van der Waals surface area (Å²) in [5.41, 5.74) is 1.79. The highest BCUT2D eigenvalue weighted by molar-refractivity contribution is 6.10. The Labute approximate surface area is 83.1 Å². The molecule has 14 heavy (non-hydrogen) atoms. The third-order valence-electron chi connectivity index (χ3n) is 2.04. The highest BCUT2D eigenvalue weighted by Gasteiger charge is 2.04. The summed E-state index contributed by atoms with van der Waals surface area (Å²) in [5.74, 6) is 0.0661. The lowest BCUT2D eigenvalue weighted by Crippen LogP contribution is -1.97. The van der Waals surface area contributed by atoms with Crippen molar-refractivity contribution in [2.45, 2.75) is 0 Å². The van der Waals surface area contributed by atoms with Crippen LogP contribution in [0.4, 0.5) is 0 Å². The molecule has 1 aromatic carbocycles. The van der Waals surface area contributed by atoms with Gasteiger partial charge in [-0.05, 0) is 17.7 Å². The SMILES string of the molecule is O=C1C=CC=CC1=Cc1ccccc1. The van der Waals surface area contributed by atoms with Gasteiger partial charge in [-0.2, -0.15) is 0 Å². The largest absolute Gasteiger partial charge is 0.289 e. The second-order valence-electron chi connectivity index (χ2n) is 3.09. The van der Waals surface area contributed by atoms with E-state index in [2.05, 4.69) is 0 Å². The van der Waals surface area contributed by atoms with Gasteiger partial charge in [-0.3, -0.25) is 4.79 Å². The van der Waals surface area contributed by atoms with Crippen molar-refractivity contribution in [3.8, 4) is 0 Å².